The van der Waals surface area contributed by atoms with E-state index >= 15 is 0 Å². The number of nitrogens with two attached hydrogens (primary N) is 2. The summed E-state index contributed by atoms with van der Waals surface area (Å²) in [5.74, 6) is -2.47. The molecule has 1 aromatic heterocycles. The minimum absolute atomic E-state index is 0.216. The molecule has 13 heteroatoms. The maximum absolute atomic E-state index is 13.2. The number of aromatic amines is 1. The minimum atomic E-state index is -1.13. The van der Waals surface area contributed by atoms with Crippen LogP contribution in [0.5, 0.6) is 0 Å². The number of aliphatic carboxylic acids is 1. The van der Waals surface area contributed by atoms with E-state index in [1.54, 1.807) is 13.1 Å². The molecule has 0 saturated carbocycles. The standard InChI is InChI=1S/C23H41N7O5S/c1-4-14(2)19(22(33)29-18(23(34)35)8-10-36-3)30-21(32)17(7-5-6-9-24)28-20(31)16(25)11-15-12-26-13-27-15/h12-14,16-19H,4-11,24-25H2,1-3H3,(H,26,27)(H,28,31)(H,29,33)(H,30,32)(H,34,35). The molecule has 9 N–H and O–H groups in total. The maximum atomic E-state index is 13.2. The number of carbonyl (C=O) groups is 4. The third kappa shape index (κ3) is 11.0. The van der Waals surface area contributed by atoms with Gasteiger partial charge in [0.25, 0.3) is 0 Å². The molecule has 0 saturated heterocycles. The van der Waals surface area contributed by atoms with Crippen LogP contribution < -0.4 is 27.4 Å². The SMILES string of the molecule is CCC(C)C(NC(=O)C(CCCCN)NC(=O)C(N)Cc1cnc[nH]1)C(=O)NC(CCSC)C(=O)O. The van der Waals surface area contributed by atoms with Crippen molar-refractivity contribution >= 4 is 35.5 Å². The molecule has 0 fully saturated rings. The van der Waals surface area contributed by atoms with Gasteiger partial charge in [-0.15, -0.1) is 0 Å². The summed E-state index contributed by atoms with van der Waals surface area (Å²) in [6.07, 6.45) is 7.50. The number of amides is 3. The van der Waals surface area contributed by atoms with Crippen molar-refractivity contribution in [2.45, 2.75) is 76.5 Å². The van der Waals surface area contributed by atoms with Gasteiger partial charge < -0.3 is 37.5 Å². The topological polar surface area (TPSA) is 205 Å². The third-order valence-corrected chi connectivity index (χ3v) is 6.57. The number of H-pyrrole nitrogens is 1. The number of carboxylic acids is 1. The van der Waals surface area contributed by atoms with Crippen LogP contribution in [-0.4, -0.2) is 81.5 Å². The van der Waals surface area contributed by atoms with Crippen LogP contribution in [0.2, 0.25) is 0 Å². The quantitative estimate of drug-likeness (QED) is 0.125. The van der Waals surface area contributed by atoms with E-state index in [4.69, 9.17) is 11.5 Å². The van der Waals surface area contributed by atoms with Gasteiger partial charge in [0, 0.05) is 18.3 Å². The third-order valence-electron chi connectivity index (χ3n) is 5.93. The molecule has 0 aliphatic heterocycles. The van der Waals surface area contributed by atoms with Gasteiger partial charge in [-0.1, -0.05) is 20.3 Å². The number of hydrogen-bond donors (Lipinski definition) is 7. The normalized spacial score (nSPS) is 15.2. The van der Waals surface area contributed by atoms with Crippen LogP contribution in [0.4, 0.5) is 0 Å². The van der Waals surface area contributed by atoms with Gasteiger partial charge in [0.1, 0.15) is 18.1 Å². The summed E-state index contributed by atoms with van der Waals surface area (Å²) in [5, 5.41) is 17.4. The van der Waals surface area contributed by atoms with Gasteiger partial charge in [-0.05, 0) is 50.2 Å². The molecule has 204 valence electrons. The number of carboxylic acid groups (broad SMARTS) is 1. The lowest BCUT2D eigenvalue weighted by Gasteiger charge is -2.28. The zero-order valence-corrected chi connectivity index (χ0v) is 22.1. The van der Waals surface area contributed by atoms with E-state index in [-0.39, 0.29) is 18.8 Å². The number of imidazole rings is 1. The number of carbonyl (C=O) groups excluding carboxylic acids is 3. The van der Waals surface area contributed by atoms with Crippen molar-refractivity contribution in [3.05, 3.63) is 18.2 Å². The molecule has 12 nitrogen and oxygen atoms in total. The van der Waals surface area contributed by atoms with E-state index in [0.717, 1.165) is 0 Å². The lowest BCUT2D eigenvalue weighted by Crippen LogP contribution is -2.58. The highest BCUT2D eigenvalue weighted by molar-refractivity contribution is 7.98. The molecule has 5 unspecified atom stereocenters. The van der Waals surface area contributed by atoms with E-state index in [1.807, 2.05) is 13.2 Å². The van der Waals surface area contributed by atoms with Crippen LogP contribution in [0.3, 0.4) is 0 Å². The summed E-state index contributed by atoms with van der Waals surface area (Å²) < 4.78 is 0. The Morgan fingerprint density at radius 1 is 1.08 bits per heavy atom. The van der Waals surface area contributed by atoms with E-state index < -0.39 is 47.9 Å². The molecule has 3 amide bonds. The number of thioether (sulfide) groups is 1. The molecule has 0 radical (unpaired) electrons. The lowest BCUT2D eigenvalue weighted by atomic mass is 9.97. The fourth-order valence-electron chi connectivity index (χ4n) is 3.48. The molecule has 36 heavy (non-hydrogen) atoms. The Morgan fingerprint density at radius 3 is 2.33 bits per heavy atom. The molecule has 0 spiro atoms. The lowest BCUT2D eigenvalue weighted by molar-refractivity contribution is -0.142. The van der Waals surface area contributed by atoms with E-state index in [9.17, 15) is 24.3 Å². The van der Waals surface area contributed by atoms with Crippen molar-refractivity contribution in [2.75, 3.05) is 18.6 Å². The molecule has 1 heterocycles. The first kappa shape index (κ1) is 31.4. The molecule has 0 aromatic carbocycles. The molecular weight excluding hydrogens is 486 g/mol. The molecular formula is C23H41N7O5S. The van der Waals surface area contributed by atoms with Crippen LogP contribution in [0.1, 0.15) is 51.6 Å². The molecule has 5 atom stereocenters. The van der Waals surface area contributed by atoms with E-state index in [2.05, 4.69) is 25.9 Å². The van der Waals surface area contributed by atoms with Crippen LogP contribution in [0, 0.1) is 5.92 Å². The van der Waals surface area contributed by atoms with Crippen molar-refractivity contribution in [2.24, 2.45) is 17.4 Å². The van der Waals surface area contributed by atoms with Crippen LogP contribution in [-0.2, 0) is 25.6 Å². The highest BCUT2D eigenvalue weighted by Gasteiger charge is 2.32. The molecule has 1 aromatic rings. The van der Waals surface area contributed by atoms with E-state index in [1.165, 1.54) is 18.1 Å². The number of nitrogens with one attached hydrogen (secondary N) is 4. The Morgan fingerprint density at radius 2 is 1.78 bits per heavy atom. The van der Waals surface area contributed by atoms with E-state index in [0.29, 0.717) is 43.7 Å². The first-order valence-electron chi connectivity index (χ1n) is 12.2. The highest BCUT2D eigenvalue weighted by atomic mass is 32.2. The molecule has 0 bridgehead atoms. The fourth-order valence-corrected chi connectivity index (χ4v) is 3.95. The Labute approximate surface area is 216 Å². The summed E-state index contributed by atoms with van der Waals surface area (Å²) in [6, 6.07) is -3.86. The van der Waals surface area contributed by atoms with Crippen molar-refractivity contribution in [3.8, 4) is 0 Å². The Kier molecular flexibility index (Phi) is 14.8. The predicted octanol–water partition coefficient (Wildman–Crippen LogP) is -0.253. The molecule has 0 aliphatic carbocycles. The van der Waals surface area contributed by atoms with Gasteiger partial charge in [-0.3, -0.25) is 14.4 Å². The number of nitrogens with zero attached hydrogens (tertiary/aromatic N) is 1. The van der Waals surface area contributed by atoms with Crippen LogP contribution in [0.25, 0.3) is 0 Å². The largest absolute Gasteiger partial charge is 0.480 e. The van der Waals surface area contributed by atoms with Gasteiger partial charge in [0.2, 0.25) is 17.7 Å². The van der Waals surface area contributed by atoms with Crippen LogP contribution >= 0.6 is 11.8 Å². The van der Waals surface area contributed by atoms with Crippen molar-refractivity contribution in [1.29, 1.82) is 0 Å². The summed E-state index contributed by atoms with van der Waals surface area (Å²) in [6.45, 7) is 4.10. The summed E-state index contributed by atoms with van der Waals surface area (Å²) >= 11 is 1.48. The Bertz CT molecular complexity index is 824. The zero-order valence-electron chi connectivity index (χ0n) is 21.3. The maximum Gasteiger partial charge on any atom is 0.326 e. The minimum Gasteiger partial charge on any atom is -0.480 e. The summed E-state index contributed by atoms with van der Waals surface area (Å²) in [7, 11) is 0. The van der Waals surface area contributed by atoms with Gasteiger partial charge >= 0.3 is 5.97 Å². The summed E-state index contributed by atoms with van der Waals surface area (Å²) in [5.41, 5.74) is 12.3. The summed E-state index contributed by atoms with van der Waals surface area (Å²) in [4.78, 5) is 57.3. The number of unbranched alkanes of at least 4 members (excludes halogenated alkanes) is 1. The van der Waals surface area contributed by atoms with Crippen LogP contribution in [0.15, 0.2) is 12.5 Å². The molecule has 0 aliphatic rings. The smallest absolute Gasteiger partial charge is 0.326 e. The number of hydrogen-bond acceptors (Lipinski definition) is 8. The van der Waals surface area contributed by atoms with Gasteiger partial charge in [0.05, 0.1) is 12.4 Å². The van der Waals surface area contributed by atoms with Gasteiger partial charge in [-0.25, -0.2) is 9.78 Å². The van der Waals surface area contributed by atoms with Crippen molar-refractivity contribution < 1.29 is 24.3 Å². The Balaban J connectivity index is 2.95. The van der Waals surface area contributed by atoms with Gasteiger partial charge in [0.15, 0.2) is 0 Å². The fraction of sp³-hybridized carbons (Fsp3) is 0.696. The second-order valence-electron chi connectivity index (χ2n) is 8.79. The van der Waals surface area contributed by atoms with Crippen molar-refractivity contribution in [1.82, 2.24) is 25.9 Å². The monoisotopic (exact) mass is 527 g/mol. The first-order chi connectivity index (χ1) is 17.1. The molecule has 1 rings (SSSR count). The second-order valence-corrected chi connectivity index (χ2v) is 9.77. The highest BCUT2D eigenvalue weighted by Crippen LogP contribution is 2.11. The Hall–Kier alpha value is -2.64. The number of aromatic nitrogens is 2. The average molecular weight is 528 g/mol. The average Bonchev–Trinajstić information content (AvgIpc) is 3.36. The zero-order chi connectivity index (χ0) is 27.1. The van der Waals surface area contributed by atoms with Crippen molar-refractivity contribution in [3.63, 3.8) is 0 Å². The second kappa shape index (κ2) is 16.9. The van der Waals surface area contributed by atoms with Gasteiger partial charge in [-0.2, -0.15) is 11.8 Å². The number of rotatable bonds is 18. The first-order valence-corrected chi connectivity index (χ1v) is 13.6. The predicted molar refractivity (Wildman–Crippen MR) is 139 cm³/mol.